The Balaban J connectivity index is 2.16. The molecule has 18 heavy (non-hydrogen) atoms. The fraction of sp³-hybridized carbons (Fsp3) is 0.182. The van der Waals surface area contributed by atoms with Crippen LogP contribution in [0.2, 0.25) is 0 Å². The van der Waals surface area contributed by atoms with Crippen LogP contribution in [-0.4, -0.2) is 23.2 Å². The van der Waals surface area contributed by atoms with Crippen LogP contribution >= 0.6 is 0 Å². The zero-order valence-electron chi connectivity index (χ0n) is 9.93. The number of ether oxygens (including phenoxy) is 1. The van der Waals surface area contributed by atoms with Crippen LogP contribution in [0.5, 0.6) is 5.75 Å². The maximum atomic E-state index is 11.7. The Morgan fingerprint density at radius 2 is 2.28 bits per heavy atom. The third kappa shape index (κ3) is 2.40. The number of nitrogens with one attached hydrogen (secondary N) is 1. The van der Waals surface area contributed by atoms with Gasteiger partial charge < -0.3 is 20.3 Å². The summed E-state index contributed by atoms with van der Waals surface area (Å²) in [5.41, 5.74) is 6.70. The molecule has 1 amide bonds. The molecule has 7 heteroatoms. The molecule has 0 aliphatic carbocycles. The van der Waals surface area contributed by atoms with E-state index < -0.39 is 5.91 Å². The normalized spacial score (nSPS) is 10.1. The number of nitrogens with zero attached hydrogens (tertiary/aromatic N) is 2. The summed E-state index contributed by atoms with van der Waals surface area (Å²) >= 11 is 0. The number of carbonyl (C=O) groups is 1. The molecule has 0 aliphatic heterocycles. The molecule has 0 spiro atoms. The molecular weight excluding hydrogens is 236 g/mol. The van der Waals surface area contributed by atoms with Crippen LogP contribution in [-0.2, 0) is 0 Å². The first-order valence-corrected chi connectivity index (χ1v) is 5.15. The van der Waals surface area contributed by atoms with Crippen LogP contribution in [0.25, 0.3) is 0 Å². The zero-order valence-corrected chi connectivity index (χ0v) is 9.93. The Morgan fingerprint density at radius 3 is 2.89 bits per heavy atom. The maximum absolute atomic E-state index is 11.7. The first kappa shape index (κ1) is 11.9. The van der Waals surface area contributed by atoms with Crippen molar-refractivity contribution < 1.29 is 14.1 Å². The second kappa shape index (κ2) is 4.74. The molecule has 3 N–H and O–H groups in total. The van der Waals surface area contributed by atoms with Gasteiger partial charge in [-0.1, -0.05) is 5.16 Å². The fourth-order valence-electron chi connectivity index (χ4n) is 1.37. The first-order chi connectivity index (χ1) is 8.60. The highest BCUT2D eigenvalue weighted by Gasteiger charge is 2.13. The number of methoxy groups -OCH3 is 1. The monoisotopic (exact) mass is 248 g/mol. The number of aromatic nitrogens is 2. The van der Waals surface area contributed by atoms with E-state index in [4.69, 9.17) is 15.0 Å². The number of nitrogens with two attached hydrogens (primary N) is 1. The van der Waals surface area contributed by atoms with Crippen molar-refractivity contribution in [2.24, 2.45) is 0 Å². The number of amides is 1. The third-order valence-electron chi connectivity index (χ3n) is 2.22. The number of anilines is 2. The molecule has 0 saturated heterocycles. The molecule has 0 atom stereocenters. The summed E-state index contributed by atoms with van der Waals surface area (Å²) in [5, 5.41) is 6.13. The summed E-state index contributed by atoms with van der Waals surface area (Å²) in [6.07, 6.45) is 0. The van der Waals surface area contributed by atoms with Gasteiger partial charge in [0.25, 0.3) is 11.7 Å². The van der Waals surface area contributed by atoms with Gasteiger partial charge in [0.2, 0.25) is 5.89 Å². The number of carbonyl (C=O) groups excluding carboxylic acids is 1. The number of aryl methyl sites for hydroxylation is 1. The van der Waals surface area contributed by atoms with Crippen LogP contribution in [0.4, 0.5) is 11.4 Å². The smallest absolute Gasteiger partial charge is 0.297 e. The predicted molar refractivity (Wildman–Crippen MR) is 64.4 cm³/mol. The molecule has 0 fully saturated rings. The van der Waals surface area contributed by atoms with E-state index in [0.717, 1.165) is 0 Å². The molecule has 0 unspecified atom stereocenters. The van der Waals surface area contributed by atoms with E-state index in [-0.39, 0.29) is 5.82 Å². The number of nitrogen functional groups attached to an aromatic ring is 1. The summed E-state index contributed by atoms with van der Waals surface area (Å²) in [4.78, 5) is 15.6. The Labute approximate surface area is 103 Å². The second-order valence-electron chi connectivity index (χ2n) is 3.55. The van der Waals surface area contributed by atoms with E-state index in [9.17, 15) is 4.79 Å². The van der Waals surface area contributed by atoms with Crippen molar-refractivity contribution in [3.63, 3.8) is 0 Å². The number of hydrogen-bond acceptors (Lipinski definition) is 6. The minimum Gasteiger partial charge on any atom is -0.495 e. The van der Waals surface area contributed by atoms with Gasteiger partial charge >= 0.3 is 0 Å². The van der Waals surface area contributed by atoms with E-state index in [2.05, 4.69) is 15.5 Å². The quantitative estimate of drug-likeness (QED) is 0.791. The van der Waals surface area contributed by atoms with Gasteiger partial charge in [-0.3, -0.25) is 4.79 Å². The first-order valence-electron chi connectivity index (χ1n) is 5.15. The Morgan fingerprint density at radius 1 is 1.50 bits per heavy atom. The van der Waals surface area contributed by atoms with E-state index in [1.54, 1.807) is 25.1 Å². The molecule has 1 aromatic heterocycles. The Hall–Kier alpha value is -2.57. The molecule has 1 heterocycles. The lowest BCUT2D eigenvalue weighted by Gasteiger charge is -2.07. The van der Waals surface area contributed by atoms with Crippen LogP contribution in [0.1, 0.15) is 16.5 Å². The van der Waals surface area contributed by atoms with Crippen molar-refractivity contribution in [2.45, 2.75) is 6.92 Å². The summed E-state index contributed by atoms with van der Waals surface area (Å²) < 4.78 is 9.77. The van der Waals surface area contributed by atoms with Crippen molar-refractivity contribution in [2.75, 3.05) is 18.2 Å². The highest BCUT2D eigenvalue weighted by Crippen LogP contribution is 2.25. The number of hydrogen-bond donors (Lipinski definition) is 2. The van der Waals surface area contributed by atoms with Crippen molar-refractivity contribution in [3.05, 3.63) is 29.9 Å². The molecule has 0 radical (unpaired) electrons. The van der Waals surface area contributed by atoms with Gasteiger partial charge in [0.15, 0.2) is 0 Å². The van der Waals surface area contributed by atoms with Crippen molar-refractivity contribution in [1.29, 1.82) is 0 Å². The van der Waals surface area contributed by atoms with E-state index in [1.807, 2.05) is 0 Å². The van der Waals surface area contributed by atoms with E-state index in [0.29, 0.717) is 23.0 Å². The van der Waals surface area contributed by atoms with Crippen LogP contribution in [0.3, 0.4) is 0 Å². The molecule has 94 valence electrons. The van der Waals surface area contributed by atoms with Crippen molar-refractivity contribution in [3.8, 4) is 5.75 Å². The topological polar surface area (TPSA) is 103 Å². The molecule has 2 rings (SSSR count). The van der Waals surface area contributed by atoms with Gasteiger partial charge in [-0.25, -0.2) is 0 Å². The van der Waals surface area contributed by atoms with Crippen molar-refractivity contribution >= 4 is 17.3 Å². The summed E-state index contributed by atoms with van der Waals surface area (Å²) in [6, 6.07) is 4.90. The molecule has 0 aliphatic rings. The van der Waals surface area contributed by atoms with Gasteiger partial charge in [0, 0.05) is 18.7 Å². The molecule has 1 aromatic carbocycles. The maximum Gasteiger partial charge on any atom is 0.297 e. The Kier molecular flexibility index (Phi) is 3.13. The number of rotatable bonds is 3. The largest absolute Gasteiger partial charge is 0.495 e. The molecule has 0 bridgehead atoms. The lowest BCUT2D eigenvalue weighted by Crippen LogP contribution is -2.13. The lowest BCUT2D eigenvalue weighted by atomic mass is 10.2. The predicted octanol–water partition coefficient (Wildman–Crippen LogP) is 1.22. The van der Waals surface area contributed by atoms with Gasteiger partial charge in [0.05, 0.1) is 12.8 Å². The molecule has 2 aromatic rings. The van der Waals surface area contributed by atoms with Gasteiger partial charge in [-0.15, -0.1) is 0 Å². The Bertz CT molecular complexity index is 579. The van der Waals surface area contributed by atoms with Gasteiger partial charge in [0.1, 0.15) is 5.75 Å². The average Bonchev–Trinajstić information content (AvgIpc) is 2.78. The second-order valence-corrected chi connectivity index (χ2v) is 3.55. The molecule has 0 saturated carbocycles. The summed E-state index contributed by atoms with van der Waals surface area (Å²) in [7, 11) is 1.50. The minimum atomic E-state index is -0.460. The van der Waals surface area contributed by atoms with Crippen LogP contribution < -0.4 is 15.8 Å². The summed E-state index contributed by atoms with van der Waals surface area (Å²) in [6.45, 7) is 1.61. The zero-order chi connectivity index (χ0) is 13.1. The standard InChI is InChI=1S/C11H12N4O3/c1-6-13-10(15-18-6)11(16)14-7-3-4-8(12)9(5-7)17-2/h3-5H,12H2,1-2H3,(H,14,16). The van der Waals surface area contributed by atoms with Gasteiger partial charge in [-0.2, -0.15) is 4.98 Å². The SMILES string of the molecule is COc1cc(NC(=O)c2noc(C)n2)ccc1N. The number of benzene rings is 1. The average molecular weight is 248 g/mol. The highest BCUT2D eigenvalue weighted by molar-refractivity contribution is 6.01. The molecular formula is C11H12N4O3. The van der Waals surface area contributed by atoms with E-state index >= 15 is 0 Å². The molecule has 7 nitrogen and oxygen atoms in total. The van der Waals surface area contributed by atoms with Crippen LogP contribution in [0, 0.1) is 6.92 Å². The van der Waals surface area contributed by atoms with Gasteiger partial charge in [-0.05, 0) is 12.1 Å². The minimum absolute atomic E-state index is 0.0247. The van der Waals surface area contributed by atoms with E-state index in [1.165, 1.54) is 7.11 Å². The fourth-order valence-corrected chi connectivity index (χ4v) is 1.37. The lowest BCUT2D eigenvalue weighted by molar-refractivity contribution is 0.101. The third-order valence-corrected chi connectivity index (χ3v) is 2.22. The highest BCUT2D eigenvalue weighted by atomic mass is 16.5. The summed E-state index contributed by atoms with van der Waals surface area (Å²) in [5.74, 6) is 0.328. The van der Waals surface area contributed by atoms with Crippen molar-refractivity contribution in [1.82, 2.24) is 10.1 Å². The van der Waals surface area contributed by atoms with Crippen LogP contribution in [0.15, 0.2) is 22.7 Å².